The number of likely N-dealkylation sites (tertiary alicyclic amines) is 1. The average molecular weight is 583 g/mol. The van der Waals surface area contributed by atoms with E-state index >= 15 is 0 Å². The van der Waals surface area contributed by atoms with E-state index in [1.54, 1.807) is 30.0 Å². The summed E-state index contributed by atoms with van der Waals surface area (Å²) in [5.74, 6) is -0.595. The fourth-order valence-corrected chi connectivity index (χ4v) is 5.86. The number of piperidine rings is 1. The lowest BCUT2D eigenvalue weighted by molar-refractivity contribution is -0.142. The molecule has 0 saturated carbocycles. The molecule has 4 N–H and O–H groups in total. The standard InChI is InChI=1S/C34H38N4O5/c1-2-42-33(41)43-34(20-24-10-4-3-5-11-24)16-9-17-38(23-34)32(40)30(19-27-22-36-29-15-7-6-14-28(27)29)37-31(39)26-13-8-12-25(18-26)21-35/h3-8,10-15,18,22,30,36H,2,9,16-17,19-21,23,35H2,1H3,(H,37,39)/t30-,34+/m1/s1. The monoisotopic (exact) mass is 582 g/mol. The van der Waals surface area contributed by atoms with Crippen molar-refractivity contribution in [3.8, 4) is 0 Å². The molecular formula is C34H38N4O5. The molecule has 224 valence electrons. The Morgan fingerprint density at radius 3 is 2.58 bits per heavy atom. The van der Waals surface area contributed by atoms with E-state index in [1.807, 2.05) is 66.9 Å². The highest BCUT2D eigenvalue weighted by atomic mass is 16.7. The van der Waals surface area contributed by atoms with Gasteiger partial charge in [0.2, 0.25) is 5.91 Å². The zero-order chi connectivity index (χ0) is 30.2. The largest absolute Gasteiger partial charge is 0.508 e. The lowest BCUT2D eigenvalue weighted by atomic mass is 9.85. The number of aromatic amines is 1. The normalized spacial score (nSPS) is 17.3. The summed E-state index contributed by atoms with van der Waals surface area (Å²) in [6.45, 7) is 2.87. The molecule has 2 atom stereocenters. The molecule has 2 heterocycles. The minimum Gasteiger partial charge on any atom is -0.435 e. The molecule has 9 nitrogen and oxygen atoms in total. The molecule has 1 saturated heterocycles. The number of hydrogen-bond acceptors (Lipinski definition) is 6. The average Bonchev–Trinajstić information content (AvgIpc) is 3.43. The van der Waals surface area contributed by atoms with Crippen LogP contribution in [0.25, 0.3) is 10.9 Å². The molecule has 3 aromatic carbocycles. The van der Waals surface area contributed by atoms with Crippen LogP contribution in [0.5, 0.6) is 0 Å². The second-order valence-electron chi connectivity index (χ2n) is 11.0. The molecule has 5 rings (SSSR count). The number of aromatic nitrogens is 1. The molecule has 0 radical (unpaired) electrons. The van der Waals surface area contributed by atoms with Crippen molar-refractivity contribution in [1.29, 1.82) is 0 Å². The highest BCUT2D eigenvalue weighted by Crippen LogP contribution is 2.31. The van der Waals surface area contributed by atoms with Crippen molar-refractivity contribution in [3.63, 3.8) is 0 Å². The van der Waals surface area contributed by atoms with Crippen molar-refractivity contribution in [2.75, 3.05) is 19.7 Å². The number of nitrogens with two attached hydrogens (primary N) is 1. The molecule has 9 heteroatoms. The van der Waals surface area contributed by atoms with Crippen molar-refractivity contribution < 1.29 is 23.9 Å². The Morgan fingerprint density at radius 2 is 1.79 bits per heavy atom. The Balaban J connectivity index is 1.43. The van der Waals surface area contributed by atoms with Gasteiger partial charge in [0.15, 0.2) is 0 Å². The summed E-state index contributed by atoms with van der Waals surface area (Å²) in [7, 11) is 0. The molecule has 0 bridgehead atoms. The highest BCUT2D eigenvalue weighted by Gasteiger charge is 2.43. The molecular weight excluding hydrogens is 544 g/mol. The molecule has 0 unspecified atom stereocenters. The Bertz CT molecular complexity index is 1570. The molecule has 1 aliphatic rings. The van der Waals surface area contributed by atoms with Crippen molar-refractivity contribution >= 4 is 28.9 Å². The van der Waals surface area contributed by atoms with E-state index in [-0.39, 0.29) is 31.4 Å². The number of nitrogens with zero attached hydrogens (tertiary/aromatic N) is 1. The van der Waals surface area contributed by atoms with Gasteiger partial charge in [-0.1, -0.05) is 60.7 Å². The second-order valence-corrected chi connectivity index (χ2v) is 11.0. The van der Waals surface area contributed by atoms with Crippen LogP contribution in [0.1, 0.15) is 46.8 Å². The summed E-state index contributed by atoms with van der Waals surface area (Å²) in [5, 5.41) is 3.99. The Kier molecular flexibility index (Phi) is 9.41. The van der Waals surface area contributed by atoms with Crippen LogP contribution in [0.4, 0.5) is 4.79 Å². The highest BCUT2D eigenvalue weighted by molar-refractivity contribution is 5.98. The second kappa shape index (κ2) is 13.6. The Morgan fingerprint density at radius 1 is 1.02 bits per heavy atom. The first-order chi connectivity index (χ1) is 20.9. The number of carbonyl (C=O) groups is 3. The third kappa shape index (κ3) is 7.24. The van der Waals surface area contributed by atoms with Gasteiger partial charge in [0.25, 0.3) is 5.91 Å². The minimum absolute atomic E-state index is 0.183. The first-order valence-electron chi connectivity index (χ1n) is 14.7. The maximum atomic E-state index is 14.3. The summed E-state index contributed by atoms with van der Waals surface area (Å²) < 4.78 is 11.1. The summed E-state index contributed by atoms with van der Waals surface area (Å²) >= 11 is 0. The number of amides is 2. The van der Waals surface area contributed by atoms with E-state index in [0.29, 0.717) is 37.9 Å². The van der Waals surface area contributed by atoms with Gasteiger partial charge in [0, 0.05) is 48.6 Å². The van der Waals surface area contributed by atoms with Gasteiger partial charge in [-0.3, -0.25) is 9.59 Å². The number of hydrogen-bond donors (Lipinski definition) is 3. The number of nitrogens with one attached hydrogen (secondary N) is 2. The first-order valence-corrected chi connectivity index (χ1v) is 14.7. The van der Waals surface area contributed by atoms with Crippen LogP contribution in [-0.2, 0) is 33.7 Å². The predicted molar refractivity (Wildman–Crippen MR) is 164 cm³/mol. The summed E-state index contributed by atoms with van der Waals surface area (Å²) in [6, 6.07) is 23.8. The quantitative estimate of drug-likeness (QED) is 0.232. The zero-order valence-corrected chi connectivity index (χ0v) is 24.4. The van der Waals surface area contributed by atoms with Gasteiger partial charge >= 0.3 is 6.16 Å². The molecule has 1 aliphatic heterocycles. The van der Waals surface area contributed by atoms with Crippen LogP contribution in [0.3, 0.4) is 0 Å². The fourth-order valence-electron chi connectivity index (χ4n) is 5.86. The third-order valence-corrected chi connectivity index (χ3v) is 7.91. The number of ether oxygens (including phenoxy) is 2. The van der Waals surface area contributed by atoms with Gasteiger partial charge in [0.1, 0.15) is 11.6 Å². The summed E-state index contributed by atoms with van der Waals surface area (Å²) in [5.41, 5.74) is 8.95. The zero-order valence-electron chi connectivity index (χ0n) is 24.4. The summed E-state index contributed by atoms with van der Waals surface area (Å²) in [4.78, 5) is 45.3. The summed E-state index contributed by atoms with van der Waals surface area (Å²) in [6.07, 6.45) is 3.05. The first kappa shape index (κ1) is 29.8. The van der Waals surface area contributed by atoms with E-state index in [4.69, 9.17) is 15.2 Å². The van der Waals surface area contributed by atoms with Gasteiger partial charge in [-0.25, -0.2) is 4.79 Å². The smallest absolute Gasteiger partial charge is 0.435 e. The van der Waals surface area contributed by atoms with Crippen LogP contribution < -0.4 is 11.1 Å². The fraction of sp³-hybridized carbons (Fsp3) is 0.324. The van der Waals surface area contributed by atoms with Crippen molar-refractivity contribution in [2.45, 2.75) is 50.8 Å². The number of benzene rings is 3. The van der Waals surface area contributed by atoms with Gasteiger partial charge in [0.05, 0.1) is 13.2 Å². The van der Waals surface area contributed by atoms with Crippen LogP contribution in [0.15, 0.2) is 85.1 Å². The number of para-hydroxylation sites is 1. The van der Waals surface area contributed by atoms with Crippen molar-refractivity contribution in [2.24, 2.45) is 5.73 Å². The van der Waals surface area contributed by atoms with Crippen molar-refractivity contribution in [3.05, 3.63) is 107 Å². The maximum absolute atomic E-state index is 14.3. The van der Waals surface area contributed by atoms with Gasteiger partial charge in [-0.05, 0) is 54.7 Å². The topological polar surface area (TPSA) is 127 Å². The molecule has 0 spiro atoms. The molecule has 0 aliphatic carbocycles. The van der Waals surface area contributed by atoms with Crippen molar-refractivity contribution in [1.82, 2.24) is 15.2 Å². The van der Waals surface area contributed by atoms with Gasteiger partial charge in [-0.15, -0.1) is 0 Å². The van der Waals surface area contributed by atoms with Crippen LogP contribution in [0.2, 0.25) is 0 Å². The number of fused-ring (bicyclic) bond motifs is 1. The van der Waals surface area contributed by atoms with Crippen LogP contribution >= 0.6 is 0 Å². The van der Waals surface area contributed by atoms with Crippen LogP contribution in [-0.4, -0.2) is 59.2 Å². The minimum atomic E-state index is -0.966. The number of H-pyrrole nitrogens is 1. The predicted octanol–water partition coefficient (Wildman–Crippen LogP) is 4.74. The SMILES string of the molecule is CCOC(=O)O[C@]1(Cc2ccccc2)CCCN(C(=O)[C@@H](Cc2c[nH]c3ccccc23)NC(=O)c2cccc(CN)c2)C1. The Labute approximate surface area is 251 Å². The van der Waals surface area contributed by atoms with E-state index in [2.05, 4.69) is 10.3 Å². The molecule has 1 fully saturated rings. The van der Waals surface area contributed by atoms with E-state index in [0.717, 1.165) is 27.6 Å². The number of rotatable bonds is 10. The maximum Gasteiger partial charge on any atom is 0.508 e. The third-order valence-electron chi connectivity index (χ3n) is 7.91. The van der Waals surface area contributed by atoms with E-state index in [9.17, 15) is 14.4 Å². The van der Waals surface area contributed by atoms with E-state index < -0.39 is 17.8 Å². The number of carbonyl (C=O) groups excluding carboxylic acids is 3. The molecule has 2 amide bonds. The molecule has 1 aromatic heterocycles. The van der Waals surface area contributed by atoms with Crippen LogP contribution in [0, 0.1) is 0 Å². The van der Waals surface area contributed by atoms with Gasteiger partial charge < -0.3 is 30.4 Å². The molecule has 43 heavy (non-hydrogen) atoms. The lowest BCUT2D eigenvalue weighted by Gasteiger charge is -2.43. The Hall–Kier alpha value is -4.63. The van der Waals surface area contributed by atoms with E-state index in [1.165, 1.54) is 0 Å². The lowest BCUT2D eigenvalue weighted by Crippen LogP contribution is -2.58. The molecule has 4 aromatic rings. The van der Waals surface area contributed by atoms with Gasteiger partial charge in [-0.2, -0.15) is 0 Å².